The number of non-ortho nitro benzene ring substituents is 1. The molecule has 1 aliphatic heterocycles. The lowest BCUT2D eigenvalue weighted by atomic mass is 10.2. The van der Waals surface area contributed by atoms with E-state index in [0.29, 0.717) is 11.4 Å². The number of hydrogen-bond donors (Lipinski definition) is 1. The van der Waals surface area contributed by atoms with Gasteiger partial charge in [0.1, 0.15) is 5.75 Å². The number of methoxy groups -OCH3 is 1. The smallest absolute Gasteiger partial charge is 0.271 e. The van der Waals surface area contributed by atoms with Crippen molar-refractivity contribution in [3.8, 4) is 5.75 Å². The summed E-state index contributed by atoms with van der Waals surface area (Å²) in [6, 6.07) is 14.5. The normalized spacial score (nSPS) is 15.2. The molecule has 148 valence electrons. The Kier molecular flexibility index (Phi) is 6.57. The highest BCUT2D eigenvalue weighted by Gasteiger charge is 2.20. The van der Waals surface area contributed by atoms with Crippen LogP contribution in [0.1, 0.15) is 5.56 Å². The van der Waals surface area contributed by atoms with E-state index in [1.165, 1.54) is 30.9 Å². The summed E-state index contributed by atoms with van der Waals surface area (Å²) in [6.45, 7) is 4.53. The Bertz CT molecular complexity index is 820. The summed E-state index contributed by atoms with van der Waals surface area (Å²) in [6.07, 6.45) is 0. The first-order chi connectivity index (χ1) is 13.5. The molecule has 1 saturated heterocycles. The van der Waals surface area contributed by atoms with Crippen LogP contribution < -0.4 is 10.1 Å². The number of nitro groups is 1. The third-order valence-electron chi connectivity index (χ3n) is 4.75. The predicted molar refractivity (Wildman–Crippen MR) is 106 cm³/mol. The zero-order valence-electron chi connectivity index (χ0n) is 15.8. The van der Waals surface area contributed by atoms with Crippen LogP contribution in [0.4, 0.5) is 11.4 Å². The molecule has 2 aromatic carbocycles. The molecular formula is C20H24N4O4. The molecule has 8 nitrogen and oxygen atoms in total. The van der Waals surface area contributed by atoms with E-state index in [0.717, 1.165) is 32.7 Å². The zero-order chi connectivity index (χ0) is 19.9. The van der Waals surface area contributed by atoms with E-state index < -0.39 is 4.92 Å². The number of nitrogens with one attached hydrogen (secondary N) is 1. The van der Waals surface area contributed by atoms with Gasteiger partial charge in [-0.3, -0.25) is 24.7 Å². The van der Waals surface area contributed by atoms with Crippen LogP contribution in [0, 0.1) is 10.1 Å². The maximum atomic E-state index is 12.4. The number of ether oxygens (including phenoxy) is 1. The molecule has 0 radical (unpaired) electrons. The molecular weight excluding hydrogens is 360 g/mol. The number of nitro benzene ring substituents is 1. The first-order valence-corrected chi connectivity index (χ1v) is 9.16. The second-order valence-corrected chi connectivity index (χ2v) is 6.73. The number of rotatable bonds is 7. The van der Waals surface area contributed by atoms with E-state index in [1.807, 2.05) is 18.2 Å². The van der Waals surface area contributed by atoms with Crippen LogP contribution in [-0.2, 0) is 11.3 Å². The van der Waals surface area contributed by atoms with Gasteiger partial charge < -0.3 is 10.1 Å². The van der Waals surface area contributed by atoms with Crippen molar-refractivity contribution in [1.82, 2.24) is 9.80 Å². The van der Waals surface area contributed by atoms with Crippen molar-refractivity contribution >= 4 is 17.3 Å². The summed E-state index contributed by atoms with van der Waals surface area (Å²) in [5.74, 6) is 0.182. The molecule has 0 bridgehead atoms. The van der Waals surface area contributed by atoms with E-state index >= 15 is 0 Å². The fourth-order valence-electron chi connectivity index (χ4n) is 3.25. The lowest BCUT2D eigenvalue weighted by Crippen LogP contribution is -2.48. The number of carbonyl (C=O) groups excluding carboxylic acids is 1. The minimum Gasteiger partial charge on any atom is -0.495 e. The van der Waals surface area contributed by atoms with Gasteiger partial charge in [0.2, 0.25) is 5.91 Å². The average molecular weight is 384 g/mol. The minimum atomic E-state index is -0.499. The maximum Gasteiger partial charge on any atom is 0.271 e. The molecule has 1 N–H and O–H groups in total. The van der Waals surface area contributed by atoms with Crippen molar-refractivity contribution < 1.29 is 14.5 Å². The van der Waals surface area contributed by atoms with Crippen LogP contribution >= 0.6 is 0 Å². The number of piperazine rings is 1. The summed E-state index contributed by atoms with van der Waals surface area (Å²) in [4.78, 5) is 27.3. The van der Waals surface area contributed by atoms with Gasteiger partial charge in [0, 0.05) is 44.9 Å². The quantitative estimate of drug-likeness (QED) is 0.582. The van der Waals surface area contributed by atoms with Gasteiger partial charge in [-0.1, -0.05) is 30.3 Å². The number of carbonyl (C=O) groups is 1. The van der Waals surface area contributed by atoms with Crippen molar-refractivity contribution in [2.45, 2.75) is 6.54 Å². The highest BCUT2D eigenvalue weighted by Crippen LogP contribution is 2.28. The molecule has 8 heteroatoms. The van der Waals surface area contributed by atoms with Gasteiger partial charge in [0.25, 0.3) is 5.69 Å². The summed E-state index contributed by atoms with van der Waals surface area (Å²) in [7, 11) is 1.46. The molecule has 1 amide bonds. The SMILES string of the molecule is COc1ccc([N+](=O)[O-])cc1NC(=O)CN1CCN(Cc2ccccc2)CC1. The van der Waals surface area contributed by atoms with E-state index in [4.69, 9.17) is 4.74 Å². The van der Waals surface area contributed by atoms with E-state index in [-0.39, 0.29) is 18.1 Å². The topological polar surface area (TPSA) is 87.9 Å². The van der Waals surface area contributed by atoms with Crippen molar-refractivity contribution in [2.75, 3.05) is 45.2 Å². The Balaban J connectivity index is 1.51. The standard InChI is InChI=1S/C20H24N4O4/c1-28-19-8-7-17(24(26)27)13-18(19)21-20(25)15-23-11-9-22(10-12-23)14-16-5-3-2-4-6-16/h2-8,13H,9-12,14-15H2,1H3,(H,21,25). The Labute approximate surface area is 163 Å². The van der Waals surface area contributed by atoms with Crippen LogP contribution in [0.5, 0.6) is 5.75 Å². The van der Waals surface area contributed by atoms with Crippen molar-refractivity contribution in [2.24, 2.45) is 0 Å². The fourth-order valence-corrected chi connectivity index (χ4v) is 3.25. The molecule has 3 rings (SSSR count). The molecule has 0 aliphatic carbocycles. The second kappa shape index (κ2) is 9.29. The Hall–Kier alpha value is -2.97. The molecule has 1 heterocycles. The molecule has 0 saturated carbocycles. The van der Waals surface area contributed by atoms with Crippen molar-refractivity contribution in [3.63, 3.8) is 0 Å². The molecule has 0 unspecified atom stereocenters. The first-order valence-electron chi connectivity index (χ1n) is 9.16. The zero-order valence-corrected chi connectivity index (χ0v) is 15.8. The third kappa shape index (κ3) is 5.28. The van der Waals surface area contributed by atoms with Gasteiger partial charge in [0.15, 0.2) is 0 Å². The third-order valence-corrected chi connectivity index (χ3v) is 4.75. The minimum absolute atomic E-state index is 0.0920. The largest absolute Gasteiger partial charge is 0.495 e. The summed E-state index contributed by atoms with van der Waals surface area (Å²) in [5.41, 5.74) is 1.50. The van der Waals surface area contributed by atoms with Gasteiger partial charge in [-0.2, -0.15) is 0 Å². The molecule has 0 aromatic heterocycles. The lowest BCUT2D eigenvalue weighted by molar-refractivity contribution is -0.384. The van der Waals surface area contributed by atoms with Gasteiger partial charge in [-0.25, -0.2) is 0 Å². The van der Waals surface area contributed by atoms with Crippen molar-refractivity contribution in [1.29, 1.82) is 0 Å². The monoisotopic (exact) mass is 384 g/mol. The summed E-state index contributed by atoms with van der Waals surface area (Å²) in [5, 5.41) is 13.7. The lowest BCUT2D eigenvalue weighted by Gasteiger charge is -2.34. The van der Waals surface area contributed by atoms with E-state index in [9.17, 15) is 14.9 Å². The average Bonchev–Trinajstić information content (AvgIpc) is 2.70. The number of benzene rings is 2. The number of hydrogen-bond acceptors (Lipinski definition) is 6. The molecule has 0 atom stereocenters. The summed E-state index contributed by atoms with van der Waals surface area (Å²) < 4.78 is 5.18. The highest BCUT2D eigenvalue weighted by molar-refractivity contribution is 5.94. The van der Waals surface area contributed by atoms with Crippen molar-refractivity contribution in [3.05, 3.63) is 64.2 Å². The number of anilines is 1. The van der Waals surface area contributed by atoms with E-state index in [1.54, 1.807) is 0 Å². The van der Waals surface area contributed by atoms with Crippen LogP contribution in [0.15, 0.2) is 48.5 Å². The van der Waals surface area contributed by atoms with Gasteiger partial charge in [0.05, 0.1) is 24.3 Å². The number of amides is 1. The molecule has 0 spiro atoms. The molecule has 2 aromatic rings. The maximum absolute atomic E-state index is 12.4. The Morgan fingerprint density at radius 2 is 1.79 bits per heavy atom. The first kappa shape index (κ1) is 19.8. The van der Waals surface area contributed by atoms with E-state index in [2.05, 4.69) is 27.2 Å². The molecule has 1 fully saturated rings. The fraction of sp³-hybridized carbons (Fsp3) is 0.350. The predicted octanol–water partition coefficient (Wildman–Crippen LogP) is 2.36. The van der Waals surface area contributed by atoms with Crippen LogP contribution in [-0.4, -0.2) is 60.5 Å². The number of nitrogens with zero attached hydrogens (tertiary/aromatic N) is 3. The molecule has 1 aliphatic rings. The summed E-state index contributed by atoms with van der Waals surface area (Å²) >= 11 is 0. The van der Waals surface area contributed by atoms with Gasteiger partial charge >= 0.3 is 0 Å². The highest BCUT2D eigenvalue weighted by atomic mass is 16.6. The molecule has 28 heavy (non-hydrogen) atoms. The van der Waals surface area contributed by atoms with Crippen LogP contribution in [0.3, 0.4) is 0 Å². The Morgan fingerprint density at radius 1 is 1.11 bits per heavy atom. The van der Waals surface area contributed by atoms with Gasteiger partial charge in [-0.05, 0) is 11.6 Å². The van der Waals surface area contributed by atoms with Crippen LogP contribution in [0.2, 0.25) is 0 Å². The van der Waals surface area contributed by atoms with Crippen LogP contribution in [0.25, 0.3) is 0 Å². The second-order valence-electron chi connectivity index (χ2n) is 6.73. The Morgan fingerprint density at radius 3 is 2.43 bits per heavy atom. The van der Waals surface area contributed by atoms with Gasteiger partial charge in [-0.15, -0.1) is 0 Å².